The largest absolute Gasteiger partial charge is 0.496 e. The van der Waals surface area contributed by atoms with Crippen LogP contribution in [0.5, 0.6) is 11.5 Å². The molecule has 3 heterocycles. The average Bonchev–Trinajstić information content (AvgIpc) is 3.44. The zero-order chi connectivity index (χ0) is 32.2. The number of ether oxygens (including phenoxy) is 4. The number of anilines is 1. The van der Waals surface area contributed by atoms with Gasteiger partial charge >= 0.3 is 18.4 Å². The molecule has 0 bridgehead atoms. The highest BCUT2D eigenvalue weighted by atomic mass is 19.4. The van der Waals surface area contributed by atoms with E-state index < -0.39 is 52.0 Å². The Hall–Kier alpha value is -4.47. The van der Waals surface area contributed by atoms with Crippen LogP contribution in [0.15, 0.2) is 12.1 Å². The number of hydrogen-bond acceptors (Lipinski definition) is 8. The molecule has 13 heteroatoms. The Labute approximate surface area is 246 Å². The van der Waals surface area contributed by atoms with Gasteiger partial charge in [0.1, 0.15) is 34.1 Å². The minimum Gasteiger partial charge on any atom is -0.496 e. The molecule has 43 heavy (non-hydrogen) atoms. The fraction of sp³-hybridized carbons (Fsp3) is 0.467. The number of aromatic nitrogens is 2. The summed E-state index contributed by atoms with van der Waals surface area (Å²) in [5, 5.41) is 9.84. The quantitative estimate of drug-likeness (QED) is 0.310. The third-order valence-corrected chi connectivity index (χ3v) is 6.46. The average molecular weight is 603 g/mol. The number of hydrogen-bond donors (Lipinski definition) is 0. The van der Waals surface area contributed by atoms with Crippen molar-refractivity contribution in [1.82, 2.24) is 9.55 Å². The van der Waals surface area contributed by atoms with Crippen molar-refractivity contribution >= 4 is 28.9 Å². The van der Waals surface area contributed by atoms with Crippen LogP contribution in [-0.2, 0) is 22.1 Å². The second-order valence-corrected chi connectivity index (χ2v) is 12.1. The predicted octanol–water partition coefficient (Wildman–Crippen LogP) is 7.15. The molecule has 4 rings (SSSR count). The fourth-order valence-electron chi connectivity index (χ4n) is 4.94. The lowest BCUT2D eigenvalue weighted by molar-refractivity contribution is -0.139. The minimum absolute atomic E-state index is 0.000646. The molecule has 0 aliphatic carbocycles. The third kappa shape index (κ3) is 5.78. The van der Waals surface area contributed by atoms with E-state index in [1.165, 1.54) is 11.7 Å². The van der Waals surface area contributed by atoms with Gasteiger partial charge in [0, 0.05) is 12.0 Å². The molecule has 2 amide bonds. The van der Waals surface area contributed by atoms with Crippen LogP contribution >= 0.6 is 0 Å². The minimum atomic E-state index is -5.01. The molecule has 0 fully saturated rings. The highest BCUT2D eigenvalue weighted by Gasteiger charge is 2.45. The van der Waals surface area contributed by atoms with Gasteiger partial charge in [0.2, 0.25) is 0 Å². The van der Waals surface area contributed by atoms with Crippen molar-refractivity contribution in [2.24, 2.45) is 0 Å². The number of methoxy groups -OCH3 is 1. The predicted molar refractivity (Wildman–Crippen MR) is 151 cm³/mol. The van der Waals surface area contributed by atoms with Crippen LogP contribution in [0, 0.1) is 25.2 Å². The zero-order valence-corrected chi connectivity index (χ0v) is 25.4. The van der Waals surface area contributed by atoms with Crippen molar-refractivity contribution in [1.29, 1.82) is 5.26 Å². The van der Waals surface area contributed by atoms with Gasteiger partial charge in [-0.3, -0.25) is 4.57 Å². The molecule has 0 saturated carbocycles. The summed E-state index contributed by atoms with van der Waals surface area (Å²) >= 11 is 0. The maximum Gasteiger partial charge on any atom is 0.434 e. The van der Waals surface area contributed by atoms with E-state index in [2.05, 4.69) is 4.98 Å². The number of amides is 2. The maximum absolute atomic E-state index is 14.6. The second-order valence-electron chi connectivity index (χ2n) is 12.1. The number of pyridine rings is 1. The van der Waals surface area contributed by atoms with Crippen molar-refractivity contribution in [2.45, 2.75) is 79.2 Å². The molecule has 0 radical (unpaired) electrons. The van der Waals surface area contributed by atoms with Gasteiger partial charge in [-0.1, -0.05) is 6.07 Å². The van der Waals surface area contributed by atoms with Crippen LogP contribution in [0.4, 0.5) is 28.6 Å². The van der Waals surface area contributed by atoms with Crippen LogP contribution in [0.2, 0.25) is 0 Å². The number of nitrogens with zero attached hydrogens (tertiary/aromatic N) is 4. The van der Waals surface area contributed by atoms with E-state index in [0.717, 1.165) is 0 Å². The van der Waals surface area contributed by atoms with E-state index in [1.54, 1.807) is 67.5 Å². The van der Waals surface area contributed by atoms with Crippen molar-refractivity contribution in [3.63, 3.8) is 0 Å². The lowest BCUT2D eigenvalue weighted by Gasteiger charge is -2.30. The summed E-state index contributed by atoms with van der Waals surface area (Å²) in [6, 6.07) is 5.15. The van der Waals surface area contributed by atoms with Gasteiger partial charge in [-0.2, -0.15) is 23.3 Å². The van der Waals surface area contributed by atoms with Gasteiger partial charge in [0.15, 0.2) is 17.3 Å². The summed E-state index contributed by atoms with van der Waals surface area (Å²) in [6.45, 7) is 12.7. The van der Waals surface area contributed by atoms with E-state index in [-0.39, 0.29) is 35.7 Å². The molecule has 1 aromatic carbocycles. The topological polar surface area (TPSA) is 116 Å². The summed E-state index contributed by atoms with van der Waals surface area (Å²) in [5.41, 5.74) is -3.18. The van der Waals surface area contributed by atoms with E-state index in [0.29, 0.717) is 21.8 Å². The van der Waals surface area contributed by atoms with Gasteiger partial charge in [-0.15, -0.1) is 0 Å². The summed E-state index contributed by atoms with van der Waals surface area (Å²) in [6.07, 6.45) is -7.46. The van der Waals surface area contributed by atoms with Crippen LogP contribution in [0.25, 0.3) is 16.6 Å². The third-order valence-electron chi connectivity index (χ3n) is 6.46. The molecule has 230 valence electrons. The Bertz CT molecular complexity index is 1650. The first-order valence-corrected chi connectivity index (χ1v) is 13.4. The smallest absolute Gasteiger partial charge is 0.434 e. The fourth-order valence-corrected chi connectivity index (χ4v) is 4.94. The lowest BCUT2D eigenvalue weighted by atomic mass is 10.1. The normalized spacial score (nSPS) is 13.3. The highest BCUT2D eigenvalue weighted by Crippen LogP contribution is 2.49. The van der Waals surface area contributed by atoms with Gasteiger partial charge in [-0.05, 0) is 67.0 Å². The zero-order valence-electron chi connectivity index (χ0n) is 25.4. The molecular weight excluding hydrogens is 569 g/mol. The van der Waals surface area contributed by atoms with Crippen LogP contribution < -0.4 is 14.4 Å². The van der Waals surface area contributed by atoms with E-state index in [9.17, 15) is 28.0 Å². The molecule has 0 saturated heterocycles. The first-order valence-electron chi connectivity index (χ1n) is 13.4. The Balaban J connectivity index is 2.32. The molecule has 0 unspecified atom stereocenters. The Morgan fingerprint density at radius 3 is 2.12 bits per heavy atom. The number of fused-ring (bicyclic) bond motifs is 3. The summed E-state index contributed by atoms with van der Waals surface area (Å²) in [5.74, 6) is -0.145. The first kappa shape index (κ1) is 31.5. The molecule has 0 spiro atoms. The standard InChI is InChI=1S/C30H33F3N4O6/c1-15-10-11-19(40-9)16(2)21(15)36-22-20(24(30(31,32)33)35-18-12-13-41-23(18)22)17(14-34)25(36)37(26(38)42-28(3,4)5)27(39)43-29(6,7)8/h10-11H,12-13H2,1-9H3. The number of carbonyl (C=O) groups excluding carboxylic acids is 2. The highest BCUT2D eigenvalue weighted by molar-refractivity contribution is 6.14. The second kappa shape index (κ2) is 10.7. The van der Waals surface area contributed by atoms with Crippen molar-refractivity contribution in [3.8, 4) is 23.3 Å². The Morgan fingerprint density at radius 2 is 1.63 bits per heavy atom. The van der Waals surface area contributed by atoms with Gasteiger partial charge in [0.25, 0.3) is 0 Å². The van der Waals surface area contributed by atoms with Gasteiger partial charge < -0.3 is 18.9 Å². The Kier molecular flexibility index (Phi) is 7.80. The molecule has 10 nitrogen and oxygen atoms in total. The van der Waals surface area contributed by atoms with E-state index in [1.807, 2.05) is 6.07 Å². The Morgan fingerprint density at radius 1 is 1.05 bits per heavy atom. The number of rotatable bonds is 3. The number of aryl methyl sites for hydroxylation is 1. The number of carbonyl (C=O) groups is 2. The molecule has 0 N–H and O–H groups in total. The lowest BCUT2D eigenvalue weighted by Crippen LogP contribution is -2.45. The van der Waals surface area contributed by atoms with E-state index in [4.69, 9.17) is 18.9 Å². The van der Waals surface area contributed by atoms with Crippen LogP contribution in [-0.4, -0.2) is 46.7 Å². The van der Waals surface area contributed by atoms with Crippen LogP contribution in [0.1, 0.15) is 69.6 Å². The number of imide groups is 1. The summed E-state index contributed by atoms with van der Waals surface area (Å²) in [7, 11) is 1.43. The molecular formula is C30H33F3N4O6. The van der Waals surface area contributed by atoms with E-state index >= 15 is 0 Å². The van der Waals surface area contributed by atoms with Gasteiger partial charge in [-0.25, -0.2) is 14.6 Å². The summed E-state index contributed by atoms with van der Waals surface area (Å²) < 4.78 is 67.6. The number of benzene rings is 1. The monoisotopic (exact) mass is 602 g/mol. The van der Waals surface area contributed by atoms with Crippen LogP contribution in [0.3, 0.4) is 0 Å². The molecule has 2 aromatic heterocycles. The van der Waals surface area contributed by atoms with Gasteiger partial charge in [0.05, 0.1) is 30.5 Å². The first-order chi connectivity index (χ1) is 19.8. The maximum atomic E-state index is 14.6. The molecule has 0 atom stereocenters. The SMILES string of the molecule is COc1ccc(C)c(-n2c(N(C(=O)OC(C)(C)C)C(=O)OC(C)(C)C)c(C#N)c3c(C(F)(F)F)nc4c(c32)OCC4)c1C. The number of alkyl halides is 3. The number of halogens is 3. The molecule has 1 aliphatic heterocycles. The van der Waals surface area contributed by atoms with Crippen molar-refractivity contribution < 1.29 is 41.7 Å². The molecule has 1 aliphatic rings. The number of nitriles is 1. The molecule has 3 aromatic rings. The van der Waals surface area contributed by atoms with Crippen molar-refractivity contribution in [2.75, 3.05) is 18.6 Å². The summed E-state index contributed by atoms with van der Waals surface area (Å²) in [4.78, 5) is 31.9. The van der Waals surface area contributed by atoms with Crippen molar-refractivity contribution in [3.05, 3.63) is 40.2 Å².